The van der Waals surface area contributed by atoms with Crippen molar-refractivity contribution >= 4 is 11.6 Å². The quantitative estimate of drug-likeness (QED) is 0.704. The molecule has 1 amide bonds. The van der Waals surface area contributed by atoms with E-state index < -0.39 is 6.10 Å². The first kappa shape index (κ1) is 11.9. The summed E-state index contributed by atoms with van der Waals surface area (Å²) in [6, 6.07) is 0. The van der Waals surface area contributed by atoms with Crippen LogP contribution < -0.4 is 11.1 Å². The van der Waals surface area contributed by atoms with Crippen molar-refractivity contribution in [3.05, 3.63) is 12.4 Å². The maximum Gasteiger partial charge on any atom is 0.251 e. The van der Waals surface area contributed by atoms with Crippen LogP contribution in [0.1, 0.15) is 0 Å². The summed E-state index contributed by atoms with van der Waals surface area (Å²) >= 11 is 0. The third-order valence-corrected chi connectivity index (χ3v) is 2.40. The molecule has 0 saturated carbocycles. The van der Waals surface area contributed by atoms with Gasteiger partial charge in [0.15, 0.2) is 6.10 Å². The number of nitrogen functional groups attached to an aromatic ring is 1. The highest BCUT2D eigenvalue weighted by Gasteiger charge is 2.21. The van der Waals surface area contributed by atoms with Crippen molar-refractivity contribution in [3.63, 3.8) is 0 Å². The largest absolute Gasteiger partial charge is 0.396 e. The van der Waals surface area contributed by atoms with Gasteiger partial charge in [-0.15, -0.1) is 0 Å². The van der Waals surface area contributed by atoms with Crippen molar-refractivity contribution in [2.75, 3.05) is 32.1 Å². The van der Waals surface area contributed by atoms with Crippen molar-refractivity contribution in [2.24, 2.45) is 0 Å². The fourth-order valence-corrected chi connectivity index (χ4v) is 1.55. The third-order valence-electron chi connectivity index (χ3n) is 2.40. The molecule has 2 heterocycles. The van der Waals surface area contributed by atoms with Crippen LogP contribution in [0, 0.1) is 0 Å². The van der Waals surface area contributed by atoms with E-state index in [1.807, 2.05) is 0 Å². The van der Waals surface area contributed by atoms with Crippen LogP contribution in [-0.2, 0) is 20.8 Å². The Morgan fingerprint density at radius 3 is 3.18 bits per heavy atom. The molecule has 94 valence electrons. The molecule has 0 radical (unpaired) electrons. The number of nitrogens with one attached hydrogen (secondary N) is 1. The molecular weight excluding hydrogens is 224 g/mol. The molecule has 1 saturated heterocycles. The summed E-state index contributed by atoms with van der Waals surface area (Å²) < 4.78 is 12.1. The van der Waals surface area contributed by atoms with Crippen molar-refractivity contribution in [2.45, 2.75) is 12.6 Å². The zero-order chi connectivity index (χ0) is 12.1. The van der Waals surface area contributed by atoms with Crippen molar-refractivity contribution in [3.8, 4) is 0 Å². The normalized spacial score (nSPS) is 20.1. The van der Waals surface area contributed by atoms with Gasteiger partial charge in [0.2, 0.25) is 0 Å². The lowest BCUT2D eigenvalue weighted by atomic mass is 10.3. The summed E-state index contributed by atoms with van der Waals surface area (Å²) in [5.74, 6) is -0.148. The summed E-state index contributed by atoms with van der Waals surface area (Å²) in [7, 11) is 0. The molecule has 1 unspecified atom stereocenters. The second kappa shape index (κ2) is 5.65. The Hall–Kier alpha value is -1.60. The molecular formula is C10H16N4O3. The average molecular weight is 240 g/mol. The van der Waals surface area contributed by atoms with Crippen LogP contribution >= 0.6 is 0 Å². The first-order valence-corrected chi connectivity index (χ1v) is 5.50. The van der Waals surface area contributed by atoms with Gasteiger partial charge < -0.3 is 20.5 Å². The topological polar surface area (TPSA) is 91.4 Å². The fraction of sp³-hybridized carbons (Fsp3) is 0.600. The number of rotatable bonds is 4. The minimum Gasteiger partial charge on any atom is -0.396 e. The molecule has 1 aliphatic heterocycles. The van der Waals surface area contributed by atoms with Gasteiger partial charge >= 0.3 is 0 Å². The maximum atomic E-state index is 11.6. The van der Waals surface area contributed by atoms with E-state index in [1.54, 1.807) is 17.1 Å². The van der Waals surface area contributed by atoms with Crippen LogP contribution in [0.4, 0.5) is 5.69 Å². The van der Waals surface area contributed by atoms with Crippen LogP contribution in [0.3, 0.4) is 0 Å². The number of aromatic nitrogens is 2. The van der Waals surface area contributed by atoms with Crippen molar-refractivity contribution in [1.82, 2.24) is 15.1 Å². The second-order valence-corrected chi connectivity index (χ2v) is 3.76. The van der Waals surface area contributed by atoms with E-state index in [-0.39, 0.29) is 5.91 Å². The van der Waals surface area contributed by atoms with E-state index in [0.29, 0.717) is 38.6 Å². The van der Waals surface area contributed by atoms with Crippen molar-refractivity contribution in [1.29, 1.82) is 0 Å². The highest BCUT2D eigenvalue weighted by Crippen LogP contribution is 2.00. The first-order valence-electron chi connectivity index (χ1n) is 5.50. The Morgan fingerprint density at radius 2 is 2.53 bits per heavy atom. The zero-order valence-corrected chi connectivity index (χ0v) is 9.46. The molecule has 1 aromatic rings. The Balaban J connectivity index is 1.69. The smallest absolute Gasteiger partial charge is 0.251 e. The summed E-state index contributed by atoms with van der Waals surface area (Å²) in [5.41, 5.74) is 6.13. The Labute approximate surface area is 98.9 Å². The van der Waals surface area contributed by atoms with Crippen LogP contribution in [0.15, 0.2) is 12.4 Å². The van der Waals surface area contributed by atoms with Gasteiger partial charge in [0.1, 0.15) is 0 Å². The predicted octanol–water partition coefficient (Wildman–Crippen LogP) is -1.00. The van der Waals surface area contributed by atoms with E-state index in [2.05, 4.69) is 10.4 Å². The van der Waals surface area contributed by atoms with Gasteiger partial charge in [-0.3, -0.25) is 9.48 Å². The Morgan fingerprint density at radius 1 is 1.65 bits per heavy atom. The van der Waals surface area contributed by atoms with Gasteiger partial charge in [-0.1, -0.05) is 0 Å². The van der Waals surface area contributed by atoms with Gasteiger partial charge in [-0.25, -0.2) is 0 Å². The SMILES string of the molecule is Nc1cnn(CCNC(=O)C2COCCO2)c1. The molecule has 17 heavy (non-hydrogen) atoms. The lowest BCUT2D eigenvalue weighted by Gasteiger charge is -2.21. The van der Waals surface area contributed by atoms with Gasteiger partial charge in [0, 0.05) is 12.7 Å². The standard InChI is InChI=1S/C10H16N4O3/c11-8-5-13-14(6-8)2-1-12-10(15)9-7-16-3-4-17-9/h5-6,9H,1-4,7,11H2,(H,12,15). The van der Waals surface area contributed by atoms with Crippen LogP contribution in [0.2, 0.25) is 0 Å². The van der Waals surface area contributed by atoms with Gasteiger partial charge in [0.05, 0.1) is 38.2 Å². The molecule has 1 aromatic heterocycles. The first-order chi connectivity index (χ1) is 8.25. The number of hydrogen-bond donors (Lipinski definition) is 2. The lowest BCUT2D eigenvalue weighted by molar-refractivity contribution is -0.147. The summed E-state index contributed by atoms with van der Waals surface area (Å²) in [4.78, 5) is 11.6. The number of nitrogens with zero attached hydrogens (tertiary/aromatic N) is 2. The Kier molecular flexibility index (Phi) is 3.94. The molecule has 0 spiro atoms. The number of amides is 1. The molecule has 7 nitrogen and oxygen atoms in total. The Bertz CT molecular complexity index is 373. The van der Waals surface area contributed by atoms with E-state index in [1.165, 1.54) is 0 Å². The zero-order valence-electron chi connectivity index (χ0n) is 9.46. The summed E-state index contributed by atoms with van der Waals surface area (Å²) in [5, 5.41) is 6.77. The highest BCUT2D eigenvalue weighted by atomic mass is 16.6. The van der Waals surface area contributed by atoms with Gasteiger partial charge in [0.25, 0.3) is 5.91 Å². The second-order valence-electron chi connectivity index (χ2n) is 3.76. The minimum absolute atomic E-state index is 0.148. The molecule has 3 N–H and O–H groups in total. The number of hydrogen-bond acceptors (Lipinski definition) is 5. The number of carbonyl (C=O) groups excluding carboxylic acids is 1. The molecule has 7 heteroatoms. The minimum atomic E-state index is -0.494. The molecule has 1 atom stereocenters. The number of nitrogens with two attached hydrogens (primary N) is 1. The van der Waals surface area contributed by atoms with Gasteiger partial charge in [-0.2, -0.15) is 5.10 Å². The van der Waals surface area contributed by atoms with E-state index in [9.17, 15) is 4.79 Å². The van der Waals surface area contributed by atoms with Crippen LogP contribution in [0.25, 0.3) is 0 Å². The number of anilines is 1. The van der Waals surface area contributed by atoms with Gasteiger partial charge in [-0.05, 0) is 0 Å². The molecule has 1 fully saturated rings. The molecule has 1 aliphatic rings. The van der Waals surface area contributed by atoms with Crippen LogP contribution in [-0.4, -0.2) is 48.2 Å². The van der Waals surface area contributed by atoms with E-state index in [0.717, 1.165) is 0 Å². The lowest BCUT2D eigenvalue weighted by Crippen LogP contribution is -2.43. The highest BCUT2D eigenvalue weighted by molar-refractivity contribution is 5.80. The molecule has 0 aromatic carbocycles. The molecule has 2 rings (SSSR count). The van der Waals surface area contributed by atoms with E-state index in [4.69, 9.17) is 15.2 Å². The maximum absolute atomic E-state index is 11.6. The number of carbonyl (C=O) groups is 1. The molecule has 0 aliphatic carbocycles. The molecule has 0 bridgehead atoms. The third kappa shape index (κ3) is 3.43. The summed E-state index contributed by atoms with van der Waals surface area (Å²) in [6.45, 7) is 2.40. The summed E-state index contributed by atoms with van der Waals surface area (Å²) in [6.07, 6.45) is 2.79. The number of ether oxygens (including phenoxy) is 2. The van der Waals surface area contributed by atoms with Crippen LogP contribution in [0.5, 0.6) is 0 Å². The van der Waals surface area contributed by atoms with Crippen molar-refractivity contribution < 1.29 is 14.3 Å². The average Bonchev–Trinajstić information content (AvgIpc) is 2.76. The monoisotopic (exact) mass is 240 g/mol. The van der Waals surface area contributed by atoms with E-state index >= 15 is 0 Å². The predicted molar refractivity (Wildman–Crippen MR) is 60.2 cm³/mol. The fourth-order valence-electron chi connectivity index (χ4n) is 1.55.